The van der Waals surface area contributed by atoms with Crippen LogP contribution < -0.4 is 0 Å². The lowest BCUT2D eigenvalue weighted by Crippen LogP contribution is -2.19. The summed E-state index contributed by atoms with van der Waals surface area (Å²) in [5.74, 6) is 1.11. The van der Waals surface area contributed by atoms with Crippen LogP contribution in [0.2, 0.25) is 0 Å². The molecule has 0 saturated carbocycles. The topological polar surface area (TPSA) is 38.0 Å². The van der Waals surface area contributed by atoms with Crippen molar-refractivity contribution in [1.82, 2.24) is 9.55 Å². The van der Waals surface area contributed by atoms with Crippen LogP contribution in [0.1, 0.15) is 51.3 Å². The van der Waals surface area contributed by atoms with Crippen LogP contribution in [0.5, 0.6) is 5.75 Å². The van der Waals surface area contributed by atoms with Gasteiger partial charge in [-0.3, -0.25) is 4.57 Å². The molecule has 0 saturated heterocycles. The van der Waals surface area contributed by atoms with E-state index in [2.05, 4.69) is 93.8 Å². The SMILES string of the molecule is CC(C)(C)c1ccc2c(c1)c1ccc(O)cc1n2-c1cc(C(C)(C)c2ccccc2)ccn1. The van der Waals surface area contributed by atoms with Crippen LogP contribution in [0, 0.1) is 0 Å². The van der Waals surface area contributed by atoms with Crippen LogP contribution in [0.25, 0.3) is 27.6 Å². The maximum atomic E-state index is 10.3. The van der Waals surface area contributed by atoms with Crippen LogP contribution in [0.3, 0.4) is 0 Å². The Morgan fingerprint density at radius 2 is 1.42 bits per heavy atom. The summed E-state index contributed by atoms with van der Waals surface area (Å²) in [5, 5.41) is 12.6. The molecule has 2 heterocycles. The summed E-state index contributed by atoms with van der Waals surface area (Å²) in [6.07, 6.45) is 1.89. The van der Waals surface area contributed by atoms with Crippen LogP contribution in [-0.2, 0) is 10.8 Å². The normalized spacial score (nSPS) is 12.5. The summed E-state index contributed by atoms with van der Waals surface area (Å²) in [6.45, 7) is 11.2. The molecule has 0 unspecified atom stereocenters. The Bertz CT molecular complexity index is 1470. The van der Waals surface area contributed by atoms with E-state index in [-0.39, 0.29) is 16.6 Å². The van der Waals surface area contributed by atoms with Gasteiger partial charge in [0, 0.05) is 28.5 Å². The van der Waals surface area contributed by atoms with Gasteiger partial charge in [-0.05, 0) is 58.5 Å². The molecule has 33 heavy (non-hydrogen) atoms. The maximum Gasteiger partial charge on any atom is 0.137 e. The zero-order valence-electron chi connectivity index (χ0n) is 19.9. The Labute approximate surface area is 195 Å². The summed E-state index contributed by atoms with van der Waals surface area (Å²) < 4.78 is 2.17. The number of aromatic nitrogens is 2. The second-order valence-corrected chi connectivity index (χ2v) is 10.4. The highest BCUT2D eigenvalue weighted by molar-refractivity contribution is 6.09. The van der Waals surface area contributed by atoms with Crippen LogP contribution in [0.15, 0.2) is 85.1 Å². The van der Waals surface area contributed by atoms with E-state index >= 15 is 0 Å². The summed E-state index contributed by atoms with van der Waals surface area (Å²) in [5.41, 5.74) is 5.67. The van der Waals surface area contributed by atoms with E-state index in [9.17, 15) is 5.11 Å². The lowest BCUT2D eigenvalue weighted by Gasteiger charge is -2.26. The lowest BCUT2D eigenvalue weighted by molar-refractivity contribution is 0.476. The Morgan fingerprint density at radius 3 is 2.15 bits per heavy atom. The second kappa shape index (κ2) is 7.48. The molecule has 3 aromatic carbocycles. The Hall–Kier alpha value is -3.59. The van der Waals surface area contributed by atoms with Gasteiger partial charge in [0.05, 0.1) is 11.0 Å². The van der Waals surface area contributed by atoms with E-state index in [0.717, 1.165) is 22.2 Å². The molecule has 166 valence electrons. The molecule has 0 fully saturated rings. The van der Waals surface area contributed by atoms with Crippen molar-refractivity contribution in [3.05, 3.63) is 102 Å². The first-order valence-corrected chi connectivity index (χ1v) is 11.5. The molecule has 0 amide bonds. The average molecular weight is 435 g/mol. The molecule has 0 radical (unpaired) electrons. The van der Waals surface area contributed by atoms with E-state index in [1.165, 1.54) is 22.1 Å². The monoisotopic (exact) mass is 434 g/mol. The van der Waals surface area contributed by atoms with Gasteiger partial charge < -0.3 is 5.11 Å². The smallest absolute Gasteiger partial charge is 0.137 e. The van der Waals surface area contributed by atoms with E-state index in [1.807, 2.05) is 24.4 Å². The fourth-order valence-electron chi connectivity index (χ4n) is 4.67. The molecule has 3 heteroatoms. The zero-order chi connectivity index (χ0) is 23.4. The number of aromatic hydroxyl groups is 1. The molecule has 0 atom stereocenters. The zero-order valence-corrected chi connectivity index (χ0v) is 19.9. The number of benzene rings is 3. The molecule has 0 bridgehead atoms. The van der Waals surface area contributed by atoms with Gasteiger partial charge in [-0.15, -0.1) is 0 Å². The van der Waals surface area contributed by atoms with Crippen LogP contribution in [-0.4, -0.2) is 14.7 Å². The minimum absolute atomic E-state index is 0.0530. The minimum atomic E-state index is -0.167. The number of rotatable bonds is 3. The van der Waals surface area contributed by atoms with E-state index in [1.54, 1.807) is 6.07 Å². The van der Waals surface area contributed by atoms with E-state index in [0.29, 0.717) is 0 Å². The number of pyridine rings is 1. The summed E-state index contributed by atoms with van der Waals surface area (Å²) >= 11 is 0. The maximum absolute atomic E-state index is 10.3. The first-order valence-electron chi connectivity index (χ1n) is 11.5. The molecule has 0 aliphatic rings. The molecule has 3 nitrogen and oxygen atoms in total. The first kappa shape index (κ1) is 21.3. The van der Waals surface area contributed by atoms with Crippen molar-refractivity contribution in [2.24, 2.45) is 0 Å². The van der Waals surface area contributed by atoms with Crippen molar-refractivity contribution in [3.8, 4) is 11.6 Å². The number of phenols is 1. The second-order valence-electron chi connectivity index (χ2n) is 10.4. The average Bonchev–Trinajstić information content (AvgIpc) is 3.12. The molecule has 5 aromatic rings. The molecule has 0 aliphatic carbocycles. The predicted octanol–water partition coefficient (Wildman–Crippen LogP) is 7.51. The third kappa shape index (κ3) is 3.58. The van der Waals surface area contributed by atoms with Gasteiger partial charge in [0.2, 0.25) is 0 Å². The van der Waals surface area contributed by atoms with Crippen molar-refractivity contribution in [1.29, 1.82) is 0 Å². The van der Waals surface area contributed by atoms with Gasteiger partial charge in [0.15, 0.2) is 0 Å². The Kier molecular flexibility index (Phi) is 4.82. The first-order chi connectivity index (χ1) is 15.7. The van der Waals surface area contributed by atoms with Gasteiger partial charge in [-0.2, -0.15) is 0 Å². The van der Waals surface area contributed by atoms with Crippen molar-refractivity contribution >= 4 is 21.8 Å². The van der Waals surface area contributed by atoms with Crippen LogP contribution >= 0.6 is 0 Å². The Balaban J connectivity index is 1.77. The van der Waals surface area contributed by atoms with Gasteiger partial charge in [-0.25, -0.2) is 4.98 Å². The minimum Gasteiger partial charge on any atom is -0.508 e. The van der Waals surface area contributed by atoms with Gasteiger partial charge >= 0.3 is 0 Å². The van der Waals surface area contributed by atoms with E-state index < -0.39 is 0 Å². The largest absolute Gasteiger partial charge is 0.508 e. The van der Waals surface area contributed by atoms with Crippen LogP contribution in [0.4, 0.5) is 0 Å². The highest BCUT2D eigenvalue weighted by Crippen LogP contribution is 2.37. The lowest BCUT2D eigenvalue weighted by atomic mass is 9.78. The number of fused-ring (bicyclic) bond motifs is 3. The van der Waals surface area contributed by atoms with Gasteiger partial charge in [-0.1, -0.05) is 71.0 Å². The van der Waals surface area contributed by atoms with Crippen molar-refractivity contribution in [2.75, 3.05) is 0 Å². The Morgan fingerprint density at radius 1 is 0.667 bits per heavy atom. The molecule has 1 N–H and O–H groups in total. The summed E-state index contributed by atoms with van der Waals surface area (Å²) in [4.78, 5) is 4.77. The molecule has 5 rings (SSSR count). The summed E-state index contributed by atoms with van der Waals surface area (Å²) in [7, 11) is 0. The van der Waals surface area contributed by atoms with Gasteiger partial charge in [0.25, 0.3) is 0 Å². The number of nitrogens with zero attached hydrogens (tertiary/aromatic N) is 2. The predicted molar refractivity (Wildman–Crippen MR) is 138 cm³/mol. The standard InChI is InChI=1S/C30H30N2O/c1-29(2,3)21-11-14-26-25(17-21)24-13-12-23(33)19-27(24)32(26)28-18-22(15-16-31-28)30(4,5)20-9-7-6-8-10-20/h6-19,33H,1-5H3. The van der Waals surface area contributed by atoms with Crippen molar-refractivity contribution < 1.29 is 5.11 Å². The third-order valence-corrected chi connectivity index (χ3v) is 6.81. The fraction of sp³-hybridized carbons (Fsp3) is 0.233. The van der Waals surface area contributed by atoms with E-state index in [4.69, 9.17) is 4.98 Å². The summed E-state index contributed by atoms with van der Waals surface area (Å²) in [6, 6.07) is 27.1. The fourth-order valence-corrected chi connectivity index (χ4v) is 4.67. The third-order valence-electron chi connectivity index (χ3n) is 6.81. The molecular weight excluding hydrogens is 404 g/mol. The highest BCUT2D eigenvalue weighted by atomic mass is 16.3. The van der Waals surface area contributed by atoms with Crippen molar-refractivity contribution in [2.45, 2.75) is 45.4 Å². The molecule has 0 spiro atoms. The molecular formula is C30H30N2O. The van der Waals surface area contributed by atoms with Crippen molar-refractivity contribution in [3.63, 3.8) is 0 Å². The number of hydrogen-bond donors (Lipinski definition) is 1. The quantitative estimate of drug-likeness (QED) is 0.319. The highest BCUT2D eigenvalue weighted by Gasteiger charge is 2.24. The van der Waals surface area contributed by atoms with Gasteiger partial charge in [0.1, 0.15) is 11.6 Å². The number of phenolic OH excluding ortho intramolecular Hbond substituents is 1. The molecule has 0 aliphatic heterocycles. The molecule has 2 aromatic heterocycles. The number of hydrogen-bond acceptors (Lipinski definition) is 2.